The first-order chi connectivity index (χ1) is 22.0. The number of unbranched alkanes of at least 4 members (excludes halogenated alkanes) is 5. The molecule has 6 heteroatoms. The number of hydrogen-bond acceptors (Lipinski definition) is 5. The maximum absolute atomic E-state index is 12.2. The zero-order chi connectivity index (χ0) is 31.7. The molecule has 5 nitrogen and oxygen atoms in total. The van der Waals surface area contributed by atoms with Crippen molar-refractivity contribution in [2.75, 3.05) is 19.8 Å². The molecule has 0 bridgehead atoms. The van der Waals surface area contributed by atoms with Gasteiger partial charge in [0.25, 0.3) is 0 Å². The number of carbonyl (C=O) groups is 1. The van der Waals surface area contributed by atoms with Gasteiger partial charge in [-0.05, 0) is 108 Å². The van der Waals surface area contributed by atoms with Crippen molar-refractivity contribution in [2.24, 2.45) is 10.9 Å². The quantitative estimate of drug-likeness (QED) is 0.0627. The van der Waals surface area contributed by atoms with E-state index in [0.29, 0.717) is 23.1 Å². The van der Waals surface area contributed by atoms with Crippen LogP contribution in [-0.4, -0.2) is 32.0 Å². The molecule has 0 amide bonds. The molecule has 0 N–H and O–H groups in total. The van der Waals surface area contributed by atoms with E-state index in [-0.39, 0.29) is 5.97 Å². The molecule has 0 aliphatic heterocycles. The second kappa shape index (κ2) is 18.7. The van der Waals surface area contributed by atoms with Gasteiger partial charge in [0.1, 0.15) is 11.5 Å². The molecule has 45 heavy (non-hydrogen) atoms. The Hall–Kier alpha value is -4.09. The van der Waals surface area contributed by atoms with Gasteiger partial charge in [-0.15, -0.1) is 0 Å². The monoisotopic (exact) mass is 625 g/mol. The minimum absolute atomic E-state index is 0.268. The highest BCUT2D eigenvalue weighted by molar-refractivity contribution is 6.30. The van der Waals surface area contributed by atoms with E-state index < -0.39 is 0 Å². The molecule has 4 rings (SSSR count). The average molecular weight is 626 g/mol. The lowest BCUT2D eigenvalue weighted by atomic mass is 10.0. The lowest BCUT2D eigenvalue weighted by Crippen LogP contribution is -2.11. The Morgan fingerprint density at radius 1 is 0.711 bits per heavy atom. The van der Waals surface area contributed by atoms with E-state index >= 15 is 0 Å². The van der Waals surface area contributed by atoms with Crippen LogP contribution in [0.4, 0.5) is 5.69 Å². The van der Waals surface area contributed by atoms with E-state index in [1.807, 2.05) is 91.1 Å². The zero-order valence-electron chi connectivity index (χ0n) is 26.4. The van der Waals surface area contributed by atoms with Crippen molar-refractivity contribution in [1.29, 1.82) is 0 Å². The van der Waals surface area contributed by atoms with Crippen LogP contribution in [0.3, 0.4) is 0 Å². The van der Waals surface area contributed by atoms with E-state index in [0.717, 1.165) is 79.2 Å². The number of halogens is 1. The largest absolute Gasteiger partial charge is 0.494 e. The number of carbonyl (C=O) groups excluding carboxylic acids is 1. The molecule has 4 aromatic carbocycles. The van der Waals surface area contributed by atoms with Crippen LogP contribution in [0.15, 0.2) is 102 Å². The van der Waals surface area contributed by atoms with Crippen LogP contribution in [0.1, 0.15) is 74.7 Å². The van der Waals surface area contributed by atoms with Crippen molar-refractivity contribution in [1.82, 2.24) is 0 Å². The van der Waals surface area contributed by atoms with Crippen LogP contribution in [-0.2, 0) is 4.74 Å². The molecule has 4 aromatic rings. The SMILES string of the molecule is CCC(C)COC(=O)c1ccc(-c2ccc(OCCCCCCCCOc3ccc(C=Nc4ccc(Cl)cc4)cc3)cc2)cc1. The third kappa shape index (κ3) is 12.1. The molecule has 0 fully saturated rings. The highest BCUT2D eigenvalue weighted by Gasteiger charge is 2.09. The fourth-order valence-corrected chi connectivity index (χ4v) is 4.71. The molecule has 1 unspecified atom stereocenters. The van der Waals surface area contributed by atoms with Gasteiger partial charge in [0, 0.05) is 11.2 Å². The van der Waals surface area contributed by atoms with Crippen molar-refractivity contribution >= 4 is 29.5 Å². The van der Waals surface area contributed by atoms with Crippen molar-refractivity contribution < 1.29 is 19.0 Å². The van der Waals surface area contributed by atoms with Gasteiger partial charge in [0.2, 0.25) is 0 Å². The molecule has 0 radical (unpaired) electrons. The van der Waals surface area contributed by atoms with Gasteiger partial charge in [0.05, 0.1) is 31.1 Å². The summed E-state index contributed by atoms with van der Waals surface area (Å²) < 4.78 is 17.3. The first-order valence-corrected chi connectivity index (χ1v) is 16.4. The normalized spacial score (nSPS) is 11.8. The second-order valence-electron chi connectivity index (χ2n) is 11.3. The molecule has 0 aliphatic rings. The van der Waals surface area contributed by atoms with Crippen molar-refractivity contribution in [3.05, 3.63) is 113 Å². The van der Waals surface area contributed by atoms with Gasteiger partial charge in [-0.2, -0.15) is 0 Å². The summed E-state index contributed by atoms with van der Waals surface area (Å²) in [6, 6.07) is 31.2. The van der Waals surface area contributed by atoms with E-state index in [9.17, 15) is 4.79 Å². The van der Waals surface area contributed by atoms with Crippen LogP contribution >= 0.6 is 11.6 Å². The summed E-state index contributed by atoms with van der Waals surface area (Å²) in [5, 5.41) is 0.707. The average Bonchev–Trinajstić information content (AvgIpc) is 3.08. The minimum Gasteiger partial charge on any atom is -0.494 e. The Morgan fingerprint density at radius 3 is 1.78 bits per heavy atom. The summed E-state index contributed by atoms with van der Waals surface area (Å²) in [7, 11) is 0. The maximum atomic E-state index is 12.2. The predicted molar refractivity (Wildman–Crippen MR) is 185 cm³/mol. The zero-order valence-corrected chi connectivity index (χ0v) is 27.2. The Balaban J connectivity index is 1.03. The lowest BCUT2D eigenvalue weighted by molar-refractivity contribution is 0.0447. The number of esters is 1. The Bertz CT molecular complexity index is 1450. The number of rotatable bonds is 18. The van der Waals surface area contributed by atoms with Gasteiger partial charge in [-0.1, -0.05) is 81.8 Å². The minimum atomic E-state index is -0.268. The van der Waals surface area contributed by atoms with Gasteiger partial charge < -0.3 is 14.2 Å². The van der Waals surface area contributed by atoms with Crippen LogP contribution in [0.2, 0.25) is 5.02 Å². The second-order valence-corrected chi connectivity index (χ2v) is 11.8. The van der Waals surface area contributed by atoms with E-state index in [4.69, 9.17) is 25.8 Å². The number of nitrogens with zero attached hydrogens (tertiary/aromatic N) is 1. The Labute approximate surface area is 273 Å². The molecular formula is C39H44ClNO4. The summed E-state index contributed by atoms with van der Waals surface area (Å²) >= 11 is 5.92. The molecule has 0 spiro atoms. The Morgan fingerprint density at radius 2 is 1.22 bits per heavy atom. The van der Waals surface area contributed by atoms with Gasteiger partial charge in [-0.25, -0.2) is 4.79 Å². The highest BCUT2D eigenvalue weighted by Crippen LogP contribution is 2.24. The highest BCUT2D eigenvalue weighted by atomic mass is 35.5. The molecular weight excluding hydrogens is 582 g/mol. The number of benzene rings is 4. The maximum Gasteiger partial charge on any atom is 0.338 e. The smallest absolute Gasteiger partial charge is 0.338 e. The molecule has 0 saturated carbocycles. The third-order valence-corrected chi connectivity index (χ3v) is 7.90. The number of aliphatic imine (C=N–C) groups is 1. The summed E-state index contributed by atoms with van der Waals surface area (Å²) in [5.74, 6) is 1.87. The number of hydrogen-bond donors (Lipinski definition) is 0. The molecule has 0 saturated heterocycles. The first-order valence-electron chi connectivity index (χ1n) is 16.0. The summed E-state index contributed by atoms with van der Waals surface area (Å²) in [4.78, 5) is 16.7. The topological polar surface area (TPSA) is 57.1 Å². The standard InChI is InChI=1S/C39H44ClNO4/c1-3-30(2)29-45-39(42)34-14-12-32(13-15-34)33-16-24-38(25-17-33)44-27-9-7-5-4-6-8-26-43-37-22-10-31(11-23-37)28-41-36-20-18-35(40)19-21-36/h10-25,28,30H,3-9,26-27,29H2,1-2H3. The van der Waals surface area contributed by atoms with E-state index in [2.05, 4.69) is 31.0 Å². The van der Waals surface area contributed by atoms with Gasteiger partial charge in [0.15, 0.2) is 0 Å². The molecule has 1 atom stereocenters. The first kappa shape index (κ1) is 33.8. The van der Waals surface area contributed by atoms with Crippen molar-refractivity contribution in [3.63, 3.8) is 0 Å². The van der Waals surface area contributed by atoms with Crippen LogP contribution < -0.4 is 9.47 Å². The van der Waals surface area contributed by atoms with Gasteiger partial charge in [-0.3, -0.25) is 4.99 Å². The van der Waals surface area contributed by atoms with Crippen LogP contribution in [0, 0.1) is 5.92 Å². The van der Waals surface area contributed by atoms with Crippen molar-refractivity contribution in [3.8, 4) is 22.6 Å². The fraction of sp³-hybridized carbons (Fsp3) is 0.333. The summed E-state index contributed by atoms with van der Waals surface area (Å²) in [5.41, 5.74) is 4.62. The molecule has 0 aliphatic carbocycles. The van der Waals surface area contributed by atoms with E-state index in [1.165, 1.54) is 12.8 Å². The fourth-order valence-electron chi connectivity index (χ4n) is 4.58. The van der Waals surface area contributed by atoms with Crippen LogP contribution in [0.5, 0.6) is 11.5 Å². The predicted octanol–water partition coefficient (Wildman–Crippen LogP) is 10.8. The van der Waals surface area contributed by atoms with Crippen molar-refractivity contribution in [2.45, 2.75) is 58.8 Å². The molecule has 0 heterocycles. The van der Waals surface area contributed by atoms with Crippen LogP contribution in [0.25, 0.3) is 11.1 Å². The lowest BCUT2D eigenvalue weighted by Gasteiger charge is -2.10. The molecule has 236 valence electrons. The molecule has 0 aromatic heterocycles. The summed E-state index contributed by atoms with van der Waals surface area (Å²) in [6.45, 7) is 6.07. The third-order valence-electron chi connectivity index (χ3n) is 7.65. The number of ether oxygens (including phenoxy) is 3. The summed E-state index contributed by atoms with van der Waals surface area (Å²) in [6.07, 6.45) is 9.64. The van der Waals surface area contributed by atoms with Gasteiger partial charge >= 0.3 is 5.97 Å². The van der Waals surface area contributed by atoms with E-state index in [1.54, 1.807) is 0 Å². The Kier molecular flexibility index (Phi) is 14.0.